The van der Waals surface area contributed by atoms with E-state index >= 15 is 0 Å². The number of hydrogen-bond acceptors (Lipinski definition) is 4. The Labute approximate surface area is 114 Å². The molecule has 94 valence electrons. The fourth-order valence-corrected chi connectivity index (χ4v) is 2.87. The van der Waals surface area contributed by atoms with E-state index in [1.165, 1.54) is 11.3 Å². The molecular weight excluding hydrogens is 266 g/mol. The number of aromatic nitrogens is 2. The van der Waals surface area contributed by atoms with E-state index in [4.69, 9.17) is 12.2 Å². The van der Waals surface area contributed by atoms with Crippen LogP contribution in [0.3, 0.4) is 0 Å². The highest BCUT2D eigenvalue weighted by Crippen LogP contribution is 2.16. The molecule has 0 saturated carbocycles. The lowest BCUT2D eigenvalue weighted by Gasteiger charge is -2.04. The number of pyridine rings is 1. The second-order valence-electron chi connectivity index (χ2n) is 4.04. The molecule has 2 aromatic heterocycles. The highest BCUT2D eigenvalue weighted by atomic mass is 32.1. The van der Waals surface area contributed by atoms with Gasteiger partial charge in [-0.1, -0.05) is 0 Å². The molecule has 0 unspecified atom stereocenters. The SMILES string of the molecule is Cc1cncc(NC(=O)Cc2sc(=S)[nH]c2C)c1. The second kappa shape index (κ2) is 5.41. The van der Waals surface area contributed by atoms with Gasteiger partial charge in [0.1, 0.15) is 0 Å². The third-order valence-electron chi connectivity index (χ3n) is 2.40. The minimum Gasteiger partial charge on any atom is -0.341 e. The number of carbonyl (C=O) groups excluding carboxylic acids is 1. The number of H-pyrrole nitrogens is 1. The van der Waals surface area contributed by atoms with Crippen molar-refractivity contribution in [2.75, 3.05) is 5.32 Å². The fourth-order valence-electron chi connectivity index (χ4n) is 1.58. The molecular formula is C12H13N3OS2. The molecule has 6 heteroatoms. The second-order valence-corrected chi connectivity index (χ2v) is 5.81. The van der Waals surface area contributed by atoms with Crippen molar-refractivity contribution >= 4 is 35.1 Å². The Balaban J connectivity index is 2.05. The van der Waals surface area contributed by atoms with Gasteiger partial charge in [0.2, 0.25) is 5.91 Å². The Hall–Kier alpha value is -1.53. The predicted molar refractivity (Wildman–Crippen MR) is 75.5 cm³/mol. The van der Waals surface area contributed by atoms with E-state index in [2.05, 4.69) is 15.3 Å². The molecule has 4 nitrogen and oxygen atoms in total. The van der Waals surface area contributed by atoms with E-state index in [1.54, 1.807) is 12.4 Å². The highest BCUT2D eigenvalue weighted by molar-refractivity contribution is 7.73. The van der Waals surface area contributed by atoms with Gasteiger partial charge in [-0.05, 0) is 37.7 Å². The number of carbonyl (C=O) groups is 1. The summed E-state index contributed by atoms with van der Waals surface area (Å²) in [5.74, 6) is -0.0595. The number of hydrogen-bond donors (Lipinski definition) is 2. The standard InChI is InChI=1S/C12H13N3OS2/c1-7-3-9(6-13-5-7)15-11(16)4-10-8(2)14-12(17)18-10/h3,5-6H,4H2,1-2H3,(H,14,17)(H,15,16). The van der Waals surface area contributed by atoms with E-state index in [0.29, 0.717) is 10.4 Å². The molecule has 0 aliphatic carbocycles. The molecule has 2 rings (SSSR count). The van der Waals surface area contributed by atoms with Crippen molar-refractivity contribution in [3.05, 3.63) is 38.5 Å². The van der Waals surface area contributed by atoms with E-state index in [0.717, 1.165) is 21.8 Å². The van der Waals surface area contributed by atoms with Gasteiger partial charge in [-0.15, -0.1) is 11.3 Å². The van der Waals surface area contributed by atoms with Crippen molar-refractivity contribution in [1.29, 1.82) is 0 Å². The normalized spacial score (nSPS) is 10.3. The van der Waals surface area contributed by atoms with Gasteiger partial charge in [-0.3, -0.25) is 9.78 Å². The molecule has 0 bridgehead atoms. The van der Waals surface area contributed by atoms with E-state index in [1.807, 2.05) is 19.9 Å². The van der Waals surface area contributed by atoms with Crippen LogP contribution in [-0.2, 0) is 11.2 Å². The maximum Gasteiger partial charge on any atom is 0.229 e. The van der Waals surface area contributed by atoms with Crippen molar-refractivity contribution in [2.45, 2.75) is 20.3 Å². The average molecular weight is 279 g/mol. The topological polar surface area (TPSA) is 57.8 Å². The number of nitrogens with zero attached hydrogens (tertiary/aromatic N) is 1. The summed E-state index contributed by atoms with van der Waals surface area (Å²) in [5.41, 5.74) is 2.69. The van der Waals surface area contributed by atoms with Crippen LogP contribution in [-0.4, -0.2) is 15.9 Å². The number of rotatable bonds is 3. The smallest absolute Gasteiger partial charge is 0.229 e. The van der Waals surface area contributed by atoms with Crippen molar-refractivity contribution < 1.29 is 4.79 Å². The molecule has 0 spiro atoms. The first kappa shape index (κ1) is 12.9. The summed E-state index contributed by atoms with van der Waals surface area (Å²) < 4.78 is 0.701. The van der Waals surface area contributed by atoms with Gasteiger partial charge in [0.25, 0.3) is 0 Å². The maximum atomic E-state index is 11.9. The summed E-state index contributed by atoms with van der Waals surface area (Å²) in [6.45, 7) is 3.85. The summed E-state index contributed by atoms with van der Waals surface area (Å²) in [7, 11) is 0. The molecule has 0 radical (unpaired) electrons. The summed E-state index contributed by atoms with van der Waals surface area (Å²) in [6, 6.07) is 1.89. The van der Waals surface area contributed by atoms with E-state index < -0.39 is 0 Å². The Morgan fingerprint density at radius 3 is 2.89 bits per heavy atom. The zero-order chi connectivity index (χ0) is 13.1. The summed E-state index contributed by atoms with van der Waals surface area (Å²) in [4.78, 5) is 19.9. The quantitative estimate of drug-likeness (QED) is 0.849. The minimum atomic E-state index is -0.0595. The molecule has 2 N–H and O–H groups in total. The Kier molecular flexibility index (Phi) is 3.88. The van der Waals surface area contributed by atoms with E-state index in [-0.39, 0.29) is 5.91 Å². The third-order valence-corrected chi connectivity index (χ3v) is 3.74. The first-order chi connectivity index (χ1) is 8.54. The zero-order valence-electron chi connectivity index (χ0n) is 10.1. The number of anilines is 1. The number of nitrogens with one attached hydrogen (secondary N) is 2. The van der Waals surface area contributed by atoms with Gasteiger partial charge < -0.3 is 10.3 Å². The van der Waals surface area contributed by atoms with Gasteiger partial charge in [0.05, 0.1) is 18.3 Å². The van der Waals surface area contributed by atoms with Crippen molar-refractivity contribution in [2.24, 2.45) is 0 Å². The van der Waals surface area contributed by atoms with Crippen LogP contribution in [0.1, 0.15) is 16.1 Å². The monoisotopic (exact) mass is 279 g/mol. The molecule has 2 heterocycles. The van der Waals surface area contributed by atoms with Crippen LogP contribution in [0, 0.1) is 17.8 Å². The Morgan fingerprint density at radius 2 is 2.28 bits per heavy atom. The molecule has 0 aromatic carbocycles. The number of aryl methyl sites for hydroxylation is 2. The molecule has 0 saturated heterocycles. The van der Waals surface area contributed by atoms with Gasteiger partial charge in [0.15, 0.2) is 3.95 Å². The fraction of sp³-hybridized carbons (Fsp3) is 0.250. The summed E-state index contributed by atoms with van der Waals surface area (Å²) >= 11 is 6.48. The van der Waals surface area contributed by atoms with Crippen molar-refractivity contribution in [3.8, 4) is 0 Å². The molecule has 0 aliphatic heterocycles. The molecule has 18 heavy (non-hydrogen) atoms. The van der Waals surface area contributed by atoms with Crippen molar-refractivity contribution in [3.63, 3.8) is 0 Å². The lowest BCUT2D eigenvalue weighted by Crippen LogP contribution is -2.14. The third kappa shape index (κ3) is 3.24. The van der Waals surface area contributed by atoms with Crippen LogP contribution >= 0.6 is 23.6 Å². The van der Waals surface area contributed by atoms with Gasteiger partial charge in [-0.2, -0.15) is 0 Å². The number of aromatic amines is 1. The Bertz CT molecular complexity index is 630. The number of amides is 1. The molecule has 0 aliphatic rings. The first-order valence-corrected chi connectivity index (χ1v) is 6.67. The highest BCUT2D eigenvalue weighted by Gasteiger charge is 2.09. The maximum absolute atomic E-state index is 11.9. The van der Waals surface area contributed by atoms with Gasteiger partial charge in [-0.25, -0.2) is 0 Å². The predicted octanol–water partition coefficient (Wildman–Crippen LogP) is 3.00. The van der Waals surface area contributed by atoms with Gasteiger partial charge in [0, 0.05) is 16.8 Å². The first-order valence-electron chi connectivity index (χ1n) is 5.44. The Morgan fingerprint density at radius 1 is 1.50 bits per heavy atom. The van der Waals surface area contributed by atoms with Crippen LogP contribution in [0.15, 0.2) is 18.5 Å². The van der Waals surface area contributed by atoms with Crippen LogP contribution in [0.4, 0.5) is 5.69 Å². The minimum absolute atomic E-state index is 0.0595. The van der Waals surface area contributed by atoms with E-state index in [9.17, 15) is 4.79 Å². The summed E-state index contributed by atoms with van der Waals surface area (Å²) in [5, 5.41) is 2.83. The zero-order valence-corrected chi connectivity index (χ0v) is 11.7. The van der Waals surface area contributed by atoms with Crippen LogP contribution in [0.25, 0.3) is 0 Å². The molecule has 1 amide bonds. The average Bonchev–Trinajstić information content (AvgIpc) is 2.57. The van der Waals surface area contributed by atoms with Crippen LogP contribution < -0.4 is 5.32 Å². The number of thiazole rings is 1. The van der Waals surface area contributed by atoms with Crippen LogP contribution in [0.2, 0.25) is 0 Å². The molecule has 0 fully saturated rings. The largest absolute Gasteiger partial charge is 0.341 e. The van der Waals surface area contributed by atoms with Gasteiger partial charge >= 0.3 is 0 Å². The molecule has 0 atom stereocenters. The molecule has 2 aromatic rings. The lowest BCUT2D eigenvalue weighted by molar-refractivity contribution is -0.115. The van der Waals surface area contributed by atoms with Crippen molar-refractivity contribution in [1.82, 2.24) is 9.97 Å². The summed E-state index contributed by atoms with van der Waals surface area (Å²) in [6.07, 6.45) is 3.71. The lowest BCUT2D eigenvalue weighted by atomic mass is 10.2. The van der Waals surface area contributed by atoms with Crippen LogP contribution in [0.5, 0.6) is 0 Å².